The Kier molecular flexibility index (Phi) is 1.82. The van der Waals surface area contributed by atoms with Crippen LogP contribution >= 0.6 is 0 Å². The van der Waals surface area contributed by atoms with Crippen molar-refractivity contribution in [1.82, 2.24) is 10.4 Å². The van der Waals surface area contributed by atoms with Gasteiger partial charge in [-0.2, -0.15) is 0 Å². The molecule has 2 atom stereocenters. The van der Waals surface area contributed by atoms with Gasteiger partial charge in [0.25, 0.3) is 0 Å². The molecule has 1 heterocycles. The molecule has 1 N–H and O–H groups in total. The molecule has 0 bridgehead atoms. The van der Waals surface area contributed by atoms with Gasteiger partial charge in [0.2, 0.25) is 0 Å². The Labute approximate surface area is 66.7 Å². The van der Waals surface area contributed by atoms with Crippen molar-refractivity contribution in [2.24, 2.45) is 11.8 Å². The number of carbonyl (C=O) groups excluding carboxylic acids is 1. The highest BCUT2D eigenvalue weighted by atomic mass is 16.1. The molecule has 1 aliphatic heterocycles. The summed E-state index contributed by atoms with van der Waals surface area (Å²) in [5.41, 5.74) is 2.60. The van der Waals surface area contributed by atoms with Crippen molar-refractivity contribution >= 4 is 6.41 Å². The highest BCUT2D eigenvalue weighted by molar-refractivity contribution is 5.46. The SMILES string of the molecule is O=[C]NN1CC2CCCC2C1. The lowest BCUT2D eigenvalue weighted by atomic mass is 10.0. The summed E-state index contributed by atoms with van der Waals surface area (Å²) in [6, 6.07) is 0. The van der Waals surface area contributed by atoms with E-state index in [1.54, 1.807) is 6.41 Å². The van der Waals surface area contributed by atoms with E-state index in [-0.39, 0.29) is 0 Å². The van der Waals surface area contributed by atoms with E-state index in [0.29, 0.717) is 0 Å². The monoisotopic (exact) mass is 153 g/mol. The van der Waals surface area contributed by atoms with Crippen LogP contribution in [0.3, 0.4) is 0 Å². The third kappa shape index (κ3) is 1.25. The molecule has 3 heteroatoms. The lowest BCUT2D eigenvalue weighted by Gasteiger charge is -2.12. The van der Waals surface area contributed by atoms with Gasteiger partial charge < -0.3 is 0 Å². The van der Waals surface area contributed by atoms with Crippen LogP contribution in [0.15, 0.2) is 0 Å². The van der Waals surface area contributed by atoms with Gasteiger partial charge >= 0.3 is 6.41 Å². The molecule has 2 fully saturated rings. The highest BCUT2D eigenvalue weighted by Gasteiger charge is 2.35. The topological polar surface area (TPSA) is 32.3 Å². The molecule has 3 nitrogen and oxygen atoms in total. The molecule has 1 saturated carbocycles. The maximum absolute atomic E-state index is 10.0. The van der Waals surface area contributed by atoms with Gasteiger partial charge in [0.15, 0.2) is 0 Å². The minimum absolute atomic E-state index is 0.843. The van der Waals surface area contributed by atoms with Crippen molar-refractivity contribution in [2.45, 2.75) is 19.3 Å². The fourth-order valence-corrected chi connectivity index (χ4v) is 2.39. The Balaban J connectivity index is 1.89. The van der Waals surface area contributed by atoms with Gasteiger partial charge in [0, 0.05) is 13.1 Å². The standard InChI is InChI=1S/C8H13N2O/c11-6-9-10-4-7-2-1-3-8(7)5-10/h7-8H,1-5H2,(H,9,11). The molecule has 1 radical (unpaired) electrons. The number of amides is 1. The lowest BCUT2D eigenvalue weighted by Crippen LogP contribution is -2.35. The molecule has 0 spiro atoms. The summed E-state index contributed by atoms with van der Waals surface area (Å²) in [5, 5.41) is 1.99. The average molecular weight is 153 g/mol. The van der Waals surface area contributed by atoms with Gasteiger partial charge in [-0.05, 0) is 24.7 Å². The van der Waals surface area contributed by atoms with Gasteiger partial charge in [0.05, 0.1) is 0 Å². The third-order valence-electron chi connectivity index (χ3n) is 2.93. The van der Waals surface area contributed by atoms with Crippen molar-refractivity contribution in [3.8, 4) is 0 Å². The molecule has 2 aliphatic rings. The second-order valence-electron chi connectivity index (χ2n) is 3.57. The molecule has 2 unspecified atom stereocenters. The molecule has 2 rings (SSSR count). The van der Waals surface area contributed by atoms with E-state index in [0.717, 1.165) is 24.9 Å². The van der Waals surface area contributed by atoms with E-state index < -0.39 is 0 Å². The van der Waals surface area contributed by atoms with E-state index in [1.807, 2.05) is 5.01 Å². The van der Waals surface area contributed by atoms with Crippen molar-refractivity contribution in [3.63, 3.8) is 0 Å². The third-order valence-corrected chi connectivity index (χ3v) is 2.93. The molecule has 0 aromatic carbocycles. The Morgan fingerprint density at radius 2 is 1.91 bits per heavy atom. The molecule has 11 heavy (non-hydrogen) atoms. The van der Waals surface area contributed by atoms with Crippen molar-refractivity contribution in [2.75, 3.05) is 13.1 Å². The zero-order chi connectivity index (χ0) is 7.68. The first-order valence-electron chi connectivity index (χ1n) is 4.28. The first-order chi connectivity index (χ1) is 5.40. The van der Waals surface area contributed by atoms with Crippen molar-refractivity contribution in [3.05, 3.63) is 0 Å². The zero-order valence-electron chi connectivity index (χ0n) is 6.55. The zero-order valence-corrected chi connectivity index (χ0v) is 6.55. The molecule has 1 amide bonds. The van der Waals surface area contributed by atoms with Gasteiger partial charge in [-0.15, -0.1) is 0 Å². The molecule has 61 valence electrons. The largest absolute Gasteiger partial charge is 0.324 e. The predicted octanol–water partition coefficient (Wildman–Crippen LogP) is 0.290. The molecular formula is C8H13N2O. The minimum Gasteiger partial charge on any atom is -0.280 e. The average Bonchev–Trinajstić information content (AvgIpc) is 2.46. The summed E-state index contributed by atoms with van der Waals surface area (Å²) in [6.07, 6.45) is 5.81. The first kappa shape index (κ1) is 7.10. The number of hydrogen-bond acceptors (Lipinski definition) is 2. The predicted molar refractivity (Wildman–Crippen MR) is 41.2 cm³/mol. The van der Waals surface area contributed by atoms with Gasteiger partial charge in [0.1, 0.15) is 0 Å². The number of nitrogens with one attached hydrogen (secondary N) is 1. The number of rotatable bonds is 2. The minimum atomic E-state index is 0.843. The summed E-state index contributed by atoms with van der Waals surface area (Å²) in [6.45, 7) is 2.08. The molecule has 1 saturated heterocycles. The normalized spacial score (nSPS) is 37.1. The van der Waals surface area contributed by atoms with Crippen LogP contribution in [0.5, 0.6) is 0 Å². The van der Waals surface area contributed by atoms with Gasteiger partial charge in [-0.25, -0.2) is 5.01 Å². The fraction of sp³-hybridized carbons (Fsp3) is 0.875. The van der Waals surface area contributed by atoms with Gasteiger partial charge in [-0.1, -0.05) is 6.42 Å². The summed E-state index contributed by atoms with van der Waals surface area (Å²) in [4.78, 5) is 10.0. The van der Waals surface area contributed by atoms with Crippen LogP contribution in [0.2, 0.25) is 0 Å². The maximum Gasteiger partial charge on any atom is 0.324 e. The number of hydrogen-bond donors (Lipinski definition) is 1. The molecule has 0 aromatic heterocycles. The molecule has 1 aliphatic carbocycles. The van der Waals surface area contributed by atoms with E-state index in [4.69, 9.17) is 0 Å². The highest BCUT2D eigenvalue weighted by Crippen LogP contribution is 2.36. The van der Waals surface area contributed by atoms with E-state index >= 15 is 0 Å². The summed E-state index contributed by atoms with van der Waals surface area (Å²) in [5.74, 6) is 1.69. The molecular weight excluding hydrogens is 140 g/mol. The smallest absolute Gasteiger partial charge is 0.280 e. The van der Waals surface area contributed by atoms with Crippen molar-refractivity contribution < 1.29 is 4.79 Å². The van der Waals surface area contributed by atoms with E-state index in [1.165, 1.54) is 19.3 Å². The Bertz CT molecular complexity index is 148. The van der Waals surface area contributed by atoms with Crippen LogP contribution in [0.25, 0.3) is 0 Å². The van der Waals surface area contributed by atoms with Gasteiger partial charge in [-0.3, -0.25) is 10.2 Å². The molecule has 0 aromatic rings. The van der Waals surface area contributed by atoms with Crippen LogP contribution in [-0.4, -0.2) is 24.5 Å². The first-order valence-corrected chi connectivity index (χ1v) is 4.28. The number of nitrogens with zero attached hydrogens (tertiary/aromatic N) is 1. The number of fused-ring (bicyclic) bond motifs is 1. The number of hydrazine groups is 1. The Morgan fingerprint density at radius 1 is 1.27 bits per heavy atom. The summed E-state index contributed by atoms with van der Waals surface area (Å²) < 4.78 is 0. The van der Waals surface area contributed by atoms with Crippen LogP contribution in [-0.2, 0) is 4.79 Å². The quantitative estimate of drug-likeness (QED) is 0.578. The second-order valence-corrected chi connectivity index (χ2v) is 3.57. The Hall–Kier alpha value is -0.570. The lowest BCUT2D eigenvalue weighted by molar-refractivity contribution is 0.264. The second kappa shape index (κ2) is 2.81. The van der Waals surface area contributed by atoms with E-state index in [2.05, 4.69) is 5.43 Å². The van der Waals surface area contributed by atoms with Crippen molar-refractivity contribution in [1.29, 1.82) is 0 Å². The fourth-order valence-electron chi connectivity index (χ4n) is 2.39. The maximum atomic E-state index is 10.0. The summed E-state index contributed by atoms with van der Waals surface area (Å²) >= 11 is 0. The van der Waals surface area contributed by atoms with E-state index in [9.17, 15) is 4.79 Å². The van der Waals surface area contributed by atoms with Crippen LogP contribution in [0.1, 0.15) is 19.3 Å². The summed E-state index contributed by atoms with van der Waals surface area (Å²) in [7, 11) is 0. The Morgan fingerprint density at radius 3 is 2.45 bits per heavy atom. The van der Waals surface area contributed by atoms with Crippen LogP contribution in [0, 0.1) is 11.8 Å². The van der Waals surface area contributed by atoms with Crippen LogP contribution in [0.4, 0.5) is 0 Å². The van der Waals surface area contributed by atoms with Crippen LogP contribution < -0.4 is 5.43 Å².